The minimum absolute atomic E-state index is 0.0117. The zero-order chi connectivity index (χ0) is 46.9. The number of halogens is 4. The Hall–Kier alpha value is -8.84. The molecule has 0 fully saturated rings. The second-order valence-electron chi connectivity index (χ2n) is 14.6. The molecule has 0 radical (unpaired) electrons. The van der Waals surface area contributed by atoms with Gasteiger partial charge in [-0.15, -0.1) is 0 Å². The second kappa shape index (κ2) is 20.3. The van der Waals surface area contributed by atoms with Gasteiger partial charge in [0.15, 0.2) is 11.6 Å². The van der Waals surface area contributed by atoms with Crippen LogP contribution in [-0.2, 0) is 13.1 Å². The Balaban J connectivity index is 0.000000150. The summed E-state index contributed by atoms with van der Waals surface area (Å²) in [7, 11) is 0. The molecule has 10 rings (SSSR count). The first-order valence-electron chi connectivity index (χ1n) is 20.3. The standard InChI is InChI=1S/C24H17F2N7.C12H7FN4O.C12H12FN3/c1-14-7-17(4-6-27-14)22-18(25)8-15(10-30-22)11-31-24-21(26)23(32-13-33-24)19-9-16-3-2-5-28-20(16)12-29-19;13-10-11(16-6-17-12(10)18)8-4-7-2-1-3-14-9(7)5-15-8;1-8-4-10(2-3-15-8)12-11(13)5-9(6-14)7-16-12/h2-10,12-13H,11H2,1H3,(H,31,32,33);1-6H,(H,16,17,18);2-5,7H,6,14H2,1H3. The lowest BCUT2D eigenvalue weighted by Crippen LogP contribution is -2.12. The average Bonchev–Trinajstić information content (AvgIpc) is 3.34. The number of nitrogens with two attached hydrogens (primary N) is 1. The van der Waals surface area contributed by atoms with E-state index >= 15 is 4.39 Å². The van der Waals surface area contributed by atoms with Crippen LogP contribution in [0.1, 0.15) is 22.5 Å². The maximum Gasteiger partial charge on any atom is 0.287 e. The topological polar surface area (TPSA) is 213 Å². The van der Waals surface area contributed by atoms with E-state index in [9.17, 15) is 18.0 Å². The monoisotopic (exact) mass is 900 g/mol. The molecule has 10 aromatic rings. The van der Waals surface area contributed by atoms with Crippen molar-refractivity contribution in [1.82, 2.24) is 59.8 Å². The van der Waals surface area contributed by atoms with Crippen molar-refractivity contribution in [2.45, 2.75) is 26.9 Å². The van der Waals surface area contributed by atoms with Crippen LogP contribution in [0.4, 0.5) is 23.4 Å². The average molecular weight is 901 g/mol. The maximum atomic E-state index is 15.1. The number of aromatic nitrogens is 12. The highest BCUT2D eigenvalue weighted by atomic mass is 19.1. The summed E-state index contributed by atoms with van der Waals surface area (Å²) in [5.41, 5.74) is 11.4. The predicted molar refractivity (Wildman–Crippen MR) is 243 cm³/mol. The first-order valence-corrected chi connectivity index (χ1v) is 20.3. The van der Waals surface area contributed by atoms with Gasteiger partial charge in [-0.1, -0.05) is 12.1 Å². The number of nitrogens with zero attached hydrogens (tertiary/aromatic N) is 11. The molecule has 0 aliphatic rings. The van der Waals surface area contributed by atoms with Crippen LogP contribution in [0, 0.1) is 37.1 Å². The molecule has 0 unspecified atom stereocenters. The van der Waals surface area contributed by atoms with E-state index in [0.29, 0.717) is 51.4 Å². The molecule has 0 saturated carbocycles. The molecule has 0 aliphatic carbocycles. The van der Waals surface area contributed by atoms with Gasteiger partial charge in [-0.25, -0.2) is 28.1 Å². The SMILES string of the molecule is Cc1cc(-c2ncc(CN)cc2F)ccn1.Cc1cc(-c2ncc(CNc3ncnc(-c4cc5cccnc5cn4)c3F)cc2F)ccn1.O=c1[nH]cnc(-c2cc3cccnc3cn2)c1F. The smallest absolute Gasteiger partial charge is 0.287 e. The highest BCUT2D eigenvalue weighted by molar-refractivity contribution is 5.82. The minimum Gasteiger partial charge on any atom is -0.363 e. The molecule has 15 nitrogen and oxygen atoms in total. The van der Waals surface area contributed by atoms with E-state index in [1.807, 2.05) is 26.0 Å². The summed E-state index contributed by atoms with van der Waals surface area (Å²) in [6.45, 7) is 4.10. The summed E-state index contributed by atoms with van der Waals surface area (Å²) < 4.78 is 57.1. The molecule has 0 atom stereocenters. The Morgan fingerprint density at radius 1 is 0.552 bits per heavy atom. The third-order valence-electron chi connectivity index (χ3n) is 9.88. The highest BCUT2D eigenvalue weighted by Crippen LogP contribution is 2.27. The number of fused-ring (bicyclic) bond motifs is 2. The summed E-state index contributed by atoms with van der Waals surface area (Å²) >= 11 is 0. The van der Waals surface area contributed by atoms with Gasteiger partial charge < -0.3 is 16.0 Å². The number of aryl methyl sites for hydroxylation is 2. The van der Waals surface area contributed by atoms with Crippen LogP contribution in [-0.4, -0.2) is 59.8 Å². The van der Waals surface area contributed by atoms with Crippen molar-refractivity contribution in [2.24, 2.45) is 5.73 Å². The van der Waals surface area contributed by atoms with Crippen molar-refractivity contribution in [3.63, 3.8) is 0 Å². The van der Waals surface area contributed by atoms with E-state index < -0.39 is 23.0 Å². The van der Waals surface area contributed by atoms with Crippen LogP contribution < -0.4 is 16.6 Å². The van der Waals surface area contributed by atoms with Gasteiger partial charge in [-0.05, 0) is 85.6 Å². The number of H-pyrrole nitrogens is 1. The molecule has 19 heteroatoms. The molecule has 10 aromatic heterocycles. The van der Waals surface area contributed by atoms with Crippen molar-refractivity contribution in [2.75, 3.05) is 5.32 Å². The largest absolute Gasteiger partial charge is 0.363 e. The Labute approximate surface area is 378 Å². The van der Waals surface area contributed by atoms with Crippen molar-refractivity contribution in [3.05, 3.63) is 191 Å². The summed E-state index contributed by atoms with van der Waals surface area (Å²) in [6, 6.07) is 20.4. The van der Waals surface area contributed by atoms with Gasteiger partial charge in [0, 0.05) is 83.6 Å². The number of hydrogen-bond donors (Lipinski definition) is 3. The Bertz CT molecular complexity index is 3450. The number of nitrogens with one attached hydrogen (secondary N) is 2. The summed E-state index contributed by atoms with van der Waals surface area (Å²) in [5, 5.41) is 4.52. The van der Waals surface area contributed by atoms with Gasteiger partial charge >= 0.3 is 0 Å². The Morgan fingerprint density at radius 2 is 1.10 bits per heavy atom. The van der Waals surface area contributed by atoms with Crippen LogP contribution in [0.5, 0.6) is 0 Å². The first kappa shape index (κ1) is 44.8. The van der Waals surface area contributed by atoms with Crippen LogP contribution in [0.2, 0.25) is 0 Å². The van der Waals surface area contributed by atoms with E-state index in [1.165, 1.54) is 24.7 Å². The summed E-state index contributed by atoms with van der Waals surface area (Å²) in [4.78, 5) is 58.3. The molecule has 10 heterocycles. The van der Waals surface area contributed by atoms with Crippen molar-refractivity contribution >= 4 is 27.6 Å². The maximum absolute atomic E-state index is 15.1. The van der Waals surface area contributed by atoms with Crippen molar-refractivity contribution < 1.29 is 17.6 Å². The number of hydrogen-bond acceptors (Lipinski definition) is 14. The van der Waals surface area contributed by atoms with E-state index in [2.05, 4.69) is 65.1 Å². The molecule has 0 bridgehead atoms. The molecule has 67 heavy (non-hydrogen) atoms. The van der Waals surface area contributed by atoms with Gasteiger partial charge in [0.1, 0.15) is 40.7 Å². The van der Waals surface area contributed by atoms with Gasteiger partial charge in [0.2, 0.25) is 5.82 Å². The molecule has 0 amide bonds. The summed E-state index contributed by atoms with van der Waals surface area (Å²) in [5.74, 6) is -2.42. The second-order valence-corrected chi connectivity index (χ2v) is 14.6. The van der Waals surface area contributed by atoms with Crippen LogP contribution in [0.15, 0.2) is 140 Å². The van der Waals surface area contributed by atoms with Crippen LogP contribution in [0.3, 0.4) is 0 Å². The fraction of sp³-hybridized carbons (Fsp3) is 0.0833. The summed E-state index contributed by atoms with van der Waals surface area (Å²) in [6.07, 6.45) is 15.2. The molecular weight excluding hydrogens is 865 g/mol. The zero-order valence-corrected chi connectivity index (χ0v) is 35.5. The quantitative estimate of drug-likeness (QED) is 0.122. The number of rotatable bonds is 8. The molecule has 4 N–H and O–H groups in total. The van der Waals surface area contributed by atoms with E-state index in [0.717, 1.165) is 34.1 Å². The zero-order valence-electron chi connectivity index (χ0n) is 35.5. The Morgan fingerprint density at radius 3 is 1.66 bits per heavy atom. The van der Waals surface area contributed by atoms with Gasteiger partial charge in [0.25, 0.3) is 5.56 Å². The molecule has 0 spiro atoms. The molecule has 332 valence electrons. The van der Waals surface area contributed by atoms with Crippen molar-refractivity contribution in [1.29, 1.82) is 0 Å². The van der Waals surface area contributed by atoms with E-state index in [1.54, 1.807) is 91.9 Å². The third-order valence-corrected chi connectivity index (χ3v) is 9.88. The van der Waals surface area contributed by atoms with E-state index in [4.69, 9.17) is 5.73 Å². The predicted octanol–water partition coefficient (Wildman–Crippen LogP) is 8.31. The first-order chi connectivity index (χ1) is 32.5. The van der Waals surface area contributed by atoms with E-state index in [-0.39, 0.29) is 35.3 Å². The fourth-order valence-corrected chi connectivity index (χ4v) is 6.60. The molecule has 0 saturated heterocycles. The molecular formula is C48H36F4N14O. The lowest BCUT2D eigenvalue weighted by atomic mass is 10.1. The Kier molecular flexibility index (Phi) is 13.6. The van der Waals surface area contributed by atoms with Crippen molar-refractivity contribution in [3.8, 4) is 45.3 Å². The number of anilines is 1. The lowest BCUT2D eigenvalue weighted by Gasteiger charge is -2.10. The fourth-order valence-electron chi connectivity index (χ4n) is 6.60. The van der Waals surface area contributed by atoms with Gasteiger partial charge in [0.05, 0.1) is 41.1 Å². The minimum atomic E-state index is -0.937. The lowest BCUT2D eigenvalue weighted by molar-refractivity contribution is 0.604. The van der Waals surface area contributed by atoms with Gasteiger partial charge in [-0.2, -0.15) is 4.39 Å². The third kappa shape index (κ3) is 10.6. The van der Waals surface area contributed by atoms with Crippen LogP contribution >= 0.6 is 0 Å². The molecule has 0 aromatic carbocycles. The number of aromatic amines is 1. The highest BCUT2D eigenvalue weighted by Gasteiger charge is 2.16. The van der Waals surface area contributed by atoms with Gasteiger partial charge in [-0.3, -0.25) is 44.7 Å². The normalized spacial score (nSPS) is 10.8. The van der Waals surface area contributed by atoms with Crippen LogP contribution in [0.25, 0.3) is 67.1 Å². The number of pyridine rings is 8. The molecule has 0 aliphatic heterocycles.